The molecule has 2 aromatic rings. The third kappa shape index (κ3) is 2.57. The minimum Gasteiger partial charge on any atom is -0.463 e. The van der Waals surface area contributed by atoms with Gasteiger partial charge in [0.15, 0.2) is 11.5 Å². The fraction of sp³-hybridized carbons (Fsp3) is 0.385. The number of aromatic nitrogens is 2. The van der Waals surface area contributed by atoms with Crippen LogP contribution in [0.3, 0.4) is 0 Å². The Hall–Kier alpha value is -1.79. The second-order valence-corrected chi connectivity index (χ2v) is 4.67. The van der Waals surface area contributed by atoms with Gasteiger partial charge in [-0.2, -0.15) is 5.10 Å². The van der Waals surface area contributed by atoms with E-state index in [9.17, 15) is 4.79 Å². The van der Waals surface area contributed by atoms with Gasteiger partial charge in [-0.25, -0.2) is 0 Å². The van der Waals surface area contributed by atoms with Crippen molar-refractivity contribution in [2.24, 2.45) is 5.73 Å². The second kappa shape index (κ2) is 6.11. The van der Waals surface area contributed by atoms with Crippen LogP contribution in [0, 0.1) is 0 Å². The van der Waals surface area contributed by atoms with Gasteiger partial charge in [0.2, 0.25) is 0 Å². The molecule has 6 nitrogen and oxygen atoms in total. The van der Waals surface area contributed by atoms with E-state index in [-0.39, 0.29) is 24.4 Å². The number of nitrogens with two attached hydrogens (primary N) is 1. The monoisotopic (exact) mass is 296 g/mol. The number of H-pyrrole nitrogens is 1. The molecule has 1 amide bonds. The molecule has 20 heavy (non-hydrogen) atoms. The molecule has 1 unspecified atom stereocenters. The second-order valence-electron chi connectivity index (χ2n) is 4.67. The number of carbonyl (C=O) groups is 1. The Bertz CT molecular complexity index is 567. The van der Waals surface area contributed by atoms with Gasteiger partial charge >= 0.3 is 0 Å². The summed E-state index contributed by atoms with van der Waals surface area (Å²) in [6.45, 7) is 1.25. The molecule has 3 N–H and O–H groups in total. The molecule has 1 aliphatic heterocycles. The van der Waals surface area contributed by atoms with Gasteiger partial charge in [-0.3, -0.25) is 9.89 Å². The minimum atomic E-state index is -0.0676. The molecule has 0 aromatic carbocycles. The molecule has 3 heterocycles. The van der Waals surface area contributed by atoms with Crippen LogP contribution in [0.4, 0.5) is 0 Å². The number of carbonyl (C=O) groups excluding carboxylic acids is 1. The van der Waals surface area contributed by atoms with E-state index in [1.807, 2.05) is 11.0 Å². The number of hydrogen-bond acceptors (Lipinski definition) is 4. The van der Waals surface area contributed by atoms with Crippen molar-refractivity contribution in [1.82, 2.24) is 15.1 Å². The quantitative estimate of drug-likeness (QED) is 0.901. The van der Waals surface area contributed by atoms with E-state index in [1.165, 1.54) is 0 Å². The normalized spacial score (nSPS) is 18.1. The van der Waals surface area contributed by atoms with Crippen LogP contribution in [-0.4, -0.2) is 40.1 Å². The topological polar surface area (TPSA) is 88.1 Å². The van der Waals surface area contributed by atoms with Crippen molar-refractivity contribution in [2.75, 3.05) is 13.1 Å². The standard InChI is InChI=1S/C13H16N4O2.ClH/c14-8-9-3-1-5-17(9)13(18)11-7-10(15-16-11)12-4-2-6-19-12;/h2,4,6-7,9H,1,3,5,8,14H2,(H,15,16);1H. The van der Waals surface area contributed by atoms with Crippen molar-refractivity contribution in [3.63, 3.8) is 0 Å². The largest absolute Gasteiger partial charge is 0.463 e. The number of furan rings is 1. The summed E-state index contributed by atoms with van der Waals surface area (Å²) < 4.78 is 5.26. The summed E-state index contributed by atoms with van der Waals surface area (Å²) in [7, 11) is 0. The highest BCUT2D eigenvalue weighted by Gasteiger charge is 2.29. The van der Waals surface area contributed by atoms with Crippen molar-refractivity contribution in [3.05, 3.63) is 30.2 Å². The van der Waals surface area contributed by atoms with Crippen LogP contribution in [0.2, 0.25) is 0 Å². The van der Waals surface area contributed by atoms with E-state index < -0.39 is 0 Å². The zero-order valence-corrected chi connectivity index (χ0v) is 11.7. The Morgan fingerprint density at radius 1 is 1.60 bits per heavy atom. The van der Waals surface area contributed by atoms with Crippen molar-refractivity contribution >= 4 is 18.3 Å². The Labute approximate surface area is 122 Å². The predicted molar refractivity (Wildman–Crippen MR) is 76.7 cm³/mol. The average molecular weight is 297 g/mol. The number of nitrogens with one attached hydrogen (secondary N) is 1. The Kier molecular flexibility index (Phi) is 4.46. The van der Waals surface area contributed by atoms with E-state index in [0.29, 0.717) is 23.7 Å². The molecule has 0 spiro atoms. The number of rotatable bonds is 3. The molecule has 108 valence electrons. The lowest BCUT2D eigenvalue weighted by molar-refractivity contribution is 0.0735. The first-order valence-electron chi connectivity index (χ1n) is 6.40. The number of hydrogen-bond donors (Lipinski definition) is 2. The van der Waals surface area contributed by atoms with E-state index in [4.69, 9.17) is 10.2 Å². The van der Waals surface area contributed by atoms with Crippen LogP contribution in [0.15, 0.2) is 28.9 Å². The van der Waals surface area contributed by atoms with Crippen LogP contribution >= 0.6 is 12.4 Å². The molecule has 0 aliphatic carbocycles. The molecular weight excluding hydrogens is 280 g/mol. The highest BCUT2D eigenvalue weighted by Crippen LogP contribution is 2.22. The molecule has 0 radical (unpaired) electrons. The Balaban J connectivity index is 0.00000147. The molecule has 0 saturated carbocycles. The zero-order valence-electron chi connectivity index (χ0n) is 10.9. The van der Waals surface area contributed by atoms with Gasteiger partial charge in [0.05, 0.1) is 6.26 Å². The average Bonchev–Trinajstić information content (AvgIpc) is 3.16. The maximum atomic E-state index is 12.4. The van der Waals surface area contributed by atoms with Gasteiger partial charge in [0.25, 0.3) is 5.91 Å². The van der Waals surface area contributed by atoms with Crippen molar-refractivity contribution in [1.29, 1.82) is 0 Å². The van der Waals surface area contributed by atoms with E-state index in [0.717, 1.165) is 19.4 Å². The number of halogens is 1. The maximum Gasteiger partial charge on any atom is 0.274 e. The first-order valence-corrected chi connectivity index (χ1v) is 6.40. The molecule has 7 heteroatoms. The summed E-state index contributed by atoms with van der Waals surface area (Å²) in [5, 5.41) is 6.89. The molecule has 0 bridgehead atoms. The predicted octanol–water partition coefficient (Wildman–Crippen LogP) is 1.65. The van der Waals surface area contributed by atoms with Crippen molar-refractivity contribution in [2.45, 2.75) is 18.9 Å². The maximum absolute atomic E-state index is 12.4. The summed E-state index contributed by atoms with van der Waals surface area (Å²) in [5.74, 6) is 0.602. The summed E-state index contributed by atoms with van der Waals surface area (Å²) in [6, 6.07) is 5.46. The van der Waals surface area contributed by atoms with Gasteiger partial charge in [0, 0.05) is 25.2 Å². The molecular formula is C13H17ClN4O2. The number of likely N-dealkylation sites (tertiary alicyclic amines) is 1. The Morgan fingerprint density at radius 2 is 2.45 bits per heavy atom. The fourth-order valence-electron chi connectivity index (χ4n) is 2.48. The smallest absolute Gasteiger partial charge is 0.274 e. The SMILES string of the molecule is Cl.NCC1CCCN1C(=O)c1cc(-c2ccco2)[nH]n1. The van der Waals surface area contributed by atoms with Crippen LogP contribution in [0.1, 0.15) is 23.3 Å². The van der Waals surface area contributed by atoms with Gasteiger partial charge in [-0.15, -0.1) is 12.4 Å². The number of nitrogens with zero attached hydrogens (tertiary/aromatic N) is 2. The molecule has 1 saturated heterocycles. The summed E-state index contributed by atoms with van der Waals surface area (Å²) in [6.07, 6.45) is 3.56. The van der Waals surface area contributed by atoms with Crippen LogP contribution in [0.5, 0.6) is 0 Å². The number of amides is 1. The lowest BCUT2D eigenvalue weighted by Crippen LogP contribution is -2.40. The van der Waals surface area contributed by atoms with Crippen LogP contribution < -0.4 is 5.73 Å². The van der Waals surface area contributed by atoms with Gasteiger partial charge in [-0.1, -0.05) is 0 Å². The third-order valence-corrected chi connectivity index (χ3v) is 3.49. The van der Waals surface area contributed by atoms with E-state index in [1.54, 1.807) is 18.4 Å². The fourth-order valence-corrected chi connectivity index (χ4v) is 2.48. The highest BCUT2D eigenvalue weighted by molar-refractivity contribution is 5.93. The van der Waals surface area contributed by atoms with E-state index >= 15 is 0 Å². The summed E-state index contributed by atoms with van der Waals surface area (Å²) in [4.78, 5) is 14.2. The Morgan fingerprint density at radius 3 is 3.15 bits per heavy atom. The van der Waals surface area contributed by atoms with E-state index in [2.05, 4.69) is 10.2 Å². The minimum absolute atomic E-state index is 0. The molecule has 2 aromatic heterocycles. The van der Waals surface area contributed by atoms with Crippen molar-refractivity contribution in [3.8, 4) is 11.5 Å². The van der Waals surface area contributed by atoms with Gasteiger partial charge in [0.1, 0.15) is 5.69 Å². The first-order chi connectivity index (χ1) is 9.29. The third-order valence-electron chi connectivity index (χ3n) is 3.49. The first kappa shape index (κ1) is 14.6. The van der Waals surface area contributed by atoms with Crippen LogP contribution in [-0.2, 0) is 0 Å². The number of aromatic amines is 1. The highest BCUT2D eigenvalue weighted by atomic mass is 35.5. The lowest BCUT2D eigenvalue weighted by Gasteiger charge is -2.22. The molecule has 3 rings (SSSR count). The van der Waals surface area contributed by atoms with Gasteiger partial charge in [-0.05, 0) is 25.0 Å². The van der Waals surface area contributed by atoms with Crippen LogP contribution in [0.25, 0.3) is 11.5 Å². The zero-order chi connectivity index (χ0) is 13.2. The lowest BCUT2D eigenvalue weighted by atomic mass is 10.2. The molecule has 1 fully saturated rings. The van der Waals surface area contributed by atoms with Gasteiger partial charge < -0.3 is 15.1 Å². The van der Waals surface area contributed by atoms with Crippen molar-refractivity contribution < 1.29 is 9.21 Å². The molecule has 1 aliphatic rings. The summed E-state index contributed by atoms with van der Waals surface area (Å²) >= 11 is 0. The molecule has 1 atom stereocenters. The summed E-state index contributed by atoms with van der Waals surface area (Å²) in [5.41, 5.74) is 6.80.